The Bertz CT molecular complexity index is 528. The van der Waals surface area contributed by atoms with E-state index in [9.17, 15) is 9.90 Å². The topological polar surface area (TPSA) is 46.5 Å². The first-order valence-corrected chi connectivity index (χ1v) is 6.69. The van der Waals surface area contributed by atoms with E-state index in [-0.39, 0.29) is 16.6 Å². The van der Waals surface area contributed by atoms with E-state index in [4.69, 9.17) is 4.74 Å². The van der Waals surface area contributed by atoms with E-state index < -0.39 is 5.97 Å². The van der Waals surface area contributed by atoms with Gasteiger partial charge in [0.15, 0.2) is 0 Å². The smallest absolute Gasteiger partial charge is 0.335 e. The standard InChI is InChI=1S/C17H24O3/c1-8-13(19)20-12-10-9-11(18)14(16(2,3)4)15(12)17(5,6)7/h8-10,18H,1H2,2-7H3. The van der Waals surface area contributed by atoms with E-state index in [1.807, 2.05) is 41.5 Å². The number of phenolic OH excluding ortho intramolecular Hbond substituents is 1. The van der Waals surface area contributed by atoms with E-state index in [0.717, 1.165) is 17.2 Å². The van der Waals surface area contributed by atoms with Crippen molar-refractivity contribution < 1.29 is 14.6 Å². The van der Waals surface area contributed by atoms with Gasteiger partial charge in [-0.15, -0.1) is 0 Å². The van der Waals surface area contributed by atoms with Crippen LogP contribution in [0.4, 0.5) is 0 Å². The lowest BCUT2D eigenvalue weighted by molar-refractivity contribution is -0.129. The van der Waals surface area contributed by atoms with E-state index in [2.05, 4.69) is 6.58 Å². The van der Waals surface area contributed by atoms with Crippen LogP contribution in [-0.2, 0) is 15.6 Å². The first-order chi connectivity index (χ1) is 8.98. The highest BCUT2D eigenvalue weighted by atomic mass is 16.5. The van der Waals surface area contributed by atoms with Crippen molar-refractivity contribution in [3.05, 3.63) is 35.9 Å². The summed E-state index contributed by atoms with van der Waals surface area (Å²) in [4.78, 5) is 11.5. The number of ether oxygens (including phenoxy) is 1. The molecule has 3 heteroatoms. The second-order valence-electron chi connectivity index (χ2n) is 6.96. The van der Waals surface area contributed by atoms with Gasteiger partial charge in [0.05, 0.1) is 0 Å². The number of hydrogen-bond acceptors (Lipinski definition) is 3. The zero-order chi connectivity index (χ0) is 15.7. The van der Waals surface area contributed by atoms with Gasteiger partial charge in [-0.1, -0.05) is 48.1 Å². The lowest BCUT2D eigenvalue weighted by Gasteiger charge is -2.32. The van der Waals surface area contributed by atoms with Gasteiger partial charge in [-0.05, 0) is 23.0 Å². The predicted octanol–water partition coefficient (Wildman–Crippen LogP) is 4.08. The van der Waals surface area contributed by atoms with E-state index in [1.54, 1.807) is 12.1 Å². The molecule has 1 aromatic carbocycles. The van der Waals surface area contributed by atoms with Crippen molar-refractivity contribution in [2.45, 2.75) is 52.4 Å². The van der Waals surface area contributed by atoms with Gasteiger partial charge < -0.3 is 9.84 Å². The summed E-state index contributed by atoms with van der Waals surface area (Å²) in [5.74, 6) is 0.201. The largest absolute Gasteiger partial charge is 0.508 e. The maximum atomic E-state index is 11.5. The summed E-state index contributed by atoms with van der Waals surface area (Å²) in [5, 5.41) is 10.2. The summed E-state index contributed by atoms with van der Waals surface area (Å²) in [6.07, 6.45) is 1.13. The molecule has 0 aliphatic rings. The third-order valence-electron chi connectivity index (χ3n) is 3.02. The monoisotopic (exact) mass is 276 g/mol. The minimum absolute atomic E-state index is 0.223. The summed E-state index contributed by atoms with van der Waals surface area (Å²) in [5.41, 5.74) is 1.13. The molecule has 1 N–H and O–H groups in total. The van der Waals surface area contributed by atoms with Crippen LogP contribution in [0.25, 0.3) is 0 Å². The highest BCUT2D eigenvalue weighted by molar-refractivity contribution is 5.84. The zero-order valence-corrected chi connectivity index (χ0v) is 13.2. The van der Waals surface area contributed by atoms with Crippen molar-refractivity contribution in [3.8, 4) is 11.5 Å². The van der Waals surface area contributed by atoms with Gasteiger partial charge in [-0.25, -0.2) is 4.79 Å². The first-order valence-electron chi connectivity index (χ1n) is 6.69. The molecule has 0 amide bonds. The van der Waals surface area contributed by atoms with Crippen molar-refractivity contribution in [2.75, 3.05) is 0 Å². The Kier molecular flexibility index (Phi) is 4.33. The molecule has 3 nitrogen and oxygen atoms in total. The zero-order valence-electron chi connectivity index (χ0n) is 13.2. The fourth-order valence-corrected chi connectivity index (χ4v) is 2.31. The lowest BCUT2D eigenvalue weighted by atomic mass is 9.74. The molecular formula is C17H24O3. The van der Waals surface area contributed by atoms with Gasteiger partial charge in [0, 0.05) is 17.2 Å². The van der Waals surface area contributed by atoms with Gasteiger partial charge in [0.1, 0.15) is 11.5 Å². The Morgan fingerprint density at radius 2 is 1.60 bits per heavy atom. The van der Waals surface area contributed by atoms with Crippen molar-refractivity contribution in [3.63, 3.8) is 0 Å². The highest BCUT2D eigenvalue weighted by Crippen LogP contribution is 2.44. The Hall–Kier alpha value is -1.77. The fourth-order valence-electron chi connectivity index (χ4n) is 2.31. The molecule has 110 valence electrons. The molecule has 0 saturated heterocycles. The van der Waals surface area contributed by atoms with Crippen molar-refractivity contribution in [1.82, 2.24) is 0 Å². The van der Waals surface area contributed by atoms with Crippen LogP contribution < -0.4 is 4.74 Å². The van der Waals surface area contributed by atoms with Crippen molar-refractivity contribution in [1.29, 1.82) is 0 Å². The molecule has 0 spiro atoms. The molecule has 1 aromatic rings. The number of aromatic hydroxyl groups is 1. The normalized spacial score (nSPS) is 12.1. The number of benzene rings is 1. The van der Waals surface area contributed by atoms with E-state index >= 15 is 0 Å². The molecule has 20 heavy (non-hydrogen) atoms. The Morgan fingerprint density at radius 1 is 1.10 bits per heavy atom. The van der Waals surface area contributed by atoms with Crippen LogP contribution in [0.5, 0.6) is 11.5 Å². The number of hydrogen-bond donors (Lipinski definition) is 1. The lowest BCUT2D eigenvalue weighted by Crippen LogP contribution is -2.24. The number of esters is 1. The Labute approximate surface area is 121 Å². The molecule has 0 heterocycles. The minimum atomic E-state index is -0.499. The summed E-state index contributed by atoms with van der Waals surface area (Å²) >= 11 is 0. The summed E-state index contributed by atoms with van der Waals surface area (Å²) in [6, 6.07) is 3.20. The van der Waals surface area contributed by atoms with Crippen LogP contribution in [0.3, 0.4) is 0 Å². The molecule has 0 fully saturated rings. The van der Waals surface area contributed by atoms with Gasteiger partial charge >= 0.3 is 5.97 Å². The molecule has 0 bridgehead atoms. The summed E-state index contributed by atoms with van der Waals surface area (Å²) in [6.45, 7) is 15.6. The third kappa shape index (κ3) is 3.41. The average molecular weight is 276 g/mol. The van der Waals surface area contributed by atoms with Gasteiger partial charge in [0.25, 0.3) is 0 Å². The SMILES string of the molecule is C=CC(=O)Oc1ccc(O)c(C(C)(C)C)c1C(C)(C)C. The van der Waals surface area contributed by atoms with Gasteiger partial charge in [0.2, 0.25) is 0 Å². The third-order valence-corrected chi connectivity index (χ3v) is 3.02. The molecule has 0 unspecified atom stereocenters. The molecule has 0 atom stereocenters. The minimum Gasteiger partial charge on any atom is -0.508 e. The van der Waals surface area contributed by atoms with Crippen molar-refractivity contribution in [2.24, 2.45) is 0 Å². The van der Waals surface area contributed by atoms with Gasteiger partial charge in [-0.3, -0.25) is 0 Å². The van der Waals surface area contributed by atoms with Crippen LogP contribution >= 0.6 is 0 Å². The van der Waals surface area contributed by atoms with Crippen molar-refractivity contribution >= 4 is 5.97 Å². The fraction of sp³-hybridized carbons (Fsp3) is 0.471. The van der Waals surface area contributed by atoms with Gasteiger partial charge in [-0.2, -0.15) is 0 Å². The molecule has 0 aliphatic carbocycles. The highest BCUT2D eigenvalue weighted by Gasteiger charge is 2.31. The first kappa shape index (κ1) is 16.3. The molecule has 0 aliphatic heterocycles. The quantitative estimate of drug-likeness (QED) is 0.503. The number of carbonyl (C=O) groups is 1. The molecule has 0 aromatic heterocycles. The Morgan fingerprint density at radius 3 is 2.00 bits per heavy atom. The summed E-state index contributed by atoms with van der Waals surface area (Å²) in [7, 11) is 0. The summed E-state index contributed by atoms with van der Waals surface area (Å²) < 4.78 is 5.34. The maximum Gasteiger partial charge on any atom is 0.335 e. The van der Waals surface area contributed by atoms with Crippen LogP contribution in [0.2, 0.25) is 0 Å². The number of phenols is 1. The average Bonchev–Trinajstić information content (AvgIpc) is 2.27. The van der Waals surface area contributed by atoms with Crippen LogP contribution in [-0.4, -0.2) is 11.1 Å². The van der Waals surface area contributed by atoms with E-state index in [0.29, 0.717) is 5.75 Å². The second kappa shape index (κ2) is 5.31. The number of carbonyl (C=O) groups excluding carboxylic acids is 1. The predicted molar refractivity (Wildman–Crippen MR) is 81.3 cm³/mol. The molecular weight excluding hydrogens is 252 g/mol. The molecule has 0 saturated carbocycles. The molecule has 0 radical (unpaired) electrons. The number of rotatable bonds is 2. The van der Waals surface area contributed by atoms with E-state index in [1.165, 1.54) is 0 Å². The van der Waals surface area contributed by atoms with Crippen LogP contribution in [0, 0.1) is 0 Å². The maximum absolute atomic E-state index is 11.5. The Balaban J connectivity index is 3.63. The second-order valence-corrected chi connectivity index (χ2v) is 6.96. The van der Waals surface area contributed by atoms with Crippen LogP contribution in [0.15, 0.2) is 24.8 Å². The van der Waals surface area contributed by atoms with Crippen LogP contribution in [0.1, 0.15) is 52.7 Å². The molecule has 1 rings (SSSR count).